The van der Waals surface area contributed by atoms with Gasteiger partial charge in [-0.3, -0.25) is 4.79 Å². The van der Waals surface area contributed by atoms with E-state index in [0.717, 1.165) is 16.4 Å². The summed E-state index contributed by atoms with van der Waals surface area (Å²) in [7, 11) is 1.59. The third kappa shape index (κ3) is 4.41. The minimum Gasteiger partial charge on any atom is -0.493 e. The molecule has 11 nitrogen and oxygen atoms in total. The Morgan fingerprint density at radius 3 is 2.54 bits per heavy atom. The maximum atomic E-state index is 13.3. The molecule has 1 amide bonds. The van der Waals surface area contributed by atoms with Crippen molar-refractivity contribution in [1.82, 2.24) is 19.9 Å². The Bertz CT molecular complexity index is 1670. The molecule has 0 N–H and O–H groups in total. The topological polar surface area (TPSA) is 124 Å². The minimum absolute atomic E-state index is 0.218. The molecule has 6 rings (SSSR count). The van der Waals surface area contributed by atoms with Crippen molar-refractivity contribution in [2.24, 2.45) is 0 Å². The van der Waals surface area contributed by atoms with Crippen molar-refractivity contribution >= 4 is 39.8 Å². The number of methoxy groups -OCH3 is 1. The second-order valence-corrected chi connectivity index (χ2v) is 8.93. The Morgan fingerprint density at radius 2 is 1.79 bits per heavy atom. The summed E-state index contributed by atoms with van der Waals surface area (Å²) in [4.78, 5) is 41.9. The summed E-state index contributed by atoms with van der Waals surface area (Å²) in [5.41, 5.74) is 2.55. The van der Waals surface area contributed by atoms with Crippen molar-refractivity contribution in [2.75, 3.05) is 44.8 Å². The lowest BCUT2D eigenvalue weighted by Crippen LogP contribution is -2.49. The number of piperazine rings is 1. The third-order valence-electron chi connectivity index (χ3n) is 6.66. The lowest BCUT2D eigenvalue weighted by atomic mass is 10.1. The van der Waals surface area contributed by atoms with Gasteiger partial charge >= 0.3 is 5.97 Å². The van der Waals surface area contributed by atoms with Crippen molar-refractivity contribution < 1.29 is 27.9 Å². The lowest BCUT2D eigenvalue weighted by molar-refractivity contribution is 0.0525. The molecule has 0 radical (unpaired) electrons. The van der Waals surface area contributed by atoms with Gasteiger partial charge in [0.2, 0.25) is 11.8 Å². The summed E-state index contributed by atoms with van der Waals surface area (Å²) >= 11 is 0. The van der Waals surface area contributed by atoms with Gasteiger partial charge in [-0.15, -0.1) is 0 Å². The van der Waals surface area contributed by atoms with Crippen LogP contribution in [0.1, 0.15) is 27.8 Å². The van der Waals surface area contributed by atoms with Crippen LogP contribution in [0.25, 0.3) is 33.4 Å². The number of fused-ring (bicyclic) bond motifs is 3. The predicted molar refractivity (Wildman–Crippen MR) is 142 cm³/mol. The summed E-state index contributed by atoms with van der Waals surface area (Å²) in [6.45, 7) is 4.03. The van der Waals surface area contributed by atoms with Gasteiger partial charge < -0.3 is 28.1 Å². The highest BCUT2D eigenvalue weighted by Gasteiger charge is 2.27. The van der Waals surface area contributed by atoms with Crippen LogP contribution in [0.2, 0.25) is 0 Å². The van der Waals surface area contributed by atoms with Gasteiger partial charge in [0.15, 0.2) is 17.0 Å². The van der Waals surface area contributed by atoms with Gasteiger partial charge in [0.25, 0.3) is 5.91 Å². The average molecular weight is 528 g/mol. The molecule has 4 heterocycles. The first-order valence-electron chi connectivity index (χ1n) is 12.5. The molecular formula is C28H25N5O6. The number of aromatic nitrogens is 3. The quantitative estimate of drug-likeness (QED) is 0.297. The zero-order valence-electron chi connectivity index (χ0n) is 21.4. The molecule has 0 saturated carbocycles. The standard InChI is InChI=1S/C28H25N5O6/c1-3-37-27(35)17-14-29-28(30-15-17)33-12-10-32(11-13-33)26(34)20-16-38-25(31-20)19-8-9-22(36-2)24-23(19)18-6-4-5-7-21(18)39-24/h4-9,14-16H,3,10-13H2,1-2H3. The van der Waals surface area contributed by atoms with Crippen molar-refractivity contribution in [3.63, 3.8) is 0 Å². The number of ether oxygens (including phenoxy) is 2. The number of esters is 1. The fourth-order valence-corrected chi connectivity index (χ4v) is 4.71. The van der Waals surface area contributed by atoms with Crippen LogP contribution in [0.15, 0.2) is 63.9 Å². The van der Waals surface area contributed by atoms with Crippen LogP contribution in [0.5, 0.6) is 5.75 Å². The molecule has 1 aliphatic heterocycles. The monoisotopic (exact) mass is 527 g/mol. The Labute approximate surface area is 223 Å². The van der Waals surface area contributed by atoms with Crippen LogP contribution in [0.3, 0.4) is 0 Å². The van der Waals surface area contributed by atoms with E-state index in [1.807, 2.05) is 35.2 Å². The lowest BCUT2D eigenvalue weighted by Gasteiger charge is -2.34. The van der Waals surface area contributed by atoms with Crippen molar-refractivity contribution in [1.29, 1.82) is 0 Å². The molecule has 1 aliphatic rings. The zero-order valence-corrected chi connectivity index (χ0v) is 21.4. The van der Waals surface area contributed by atoms with Gasteiger partial charge in [0.1, 0.15) is 11.8 Å². The van der Waals surface area contributed by atoms with Gasteiger partial charge in [0.05, 0.1) is 19.3 Å². The number of anilines is 1. The van der Waals surface area contributed by atoms with E-state index in [2.05, 4.69) is 15.0 Å². The molecule has 0 bridgehead atoms. The zero-order chi connectivity index (χ0) is 26.9. The molecule has 5 aromatic rings. The Hall–Kier alpha value is -4.93. The van der Waals surface area contributed by atoms with E-state index in [-0.39, 0.29) is 18.2 Å². The molecule has 0 spiro atoms. The van der Waals surface area contributed by atoms with E-state index < -0.39 is 5.97 Å². The van der Waals surface area contributed by atoms with Crippen molar-refractivity contribution in [3.8, 4) is 17.2 Å². The first kappa shape index (κ1) is 24.4. The van der Waals surface area contributed by atoms with E-state index in [9.17, 15) is 9.59 Å². The highest BCUT2D eigenvalue weighted by molar-refractivity contribution is 6.13. The number of amides is 1. The number of carbonyl (C=O) groups is 2. The number of rotatable bonds is 6. The molecule has 3 aromatic heterocycles. The van der Waals surface area contributed by atoms with E-state index in [4.69, 9.17) is 18.3 Å². The molecule has 0 aliphatic carbocycles. The summed E-state index contributed by atoms with van der Waals surface area (Å²) in [6.07, 6.45) is 4.29. The molecule has 1 fully saturated rings. The van der Waals surface area contributed by atoms with Gasteiger partial charge in [-0.25, -0.2) is 19.7 Å². The number of oxazole rings is 1. The molecule has 11 heteroatoms. The maximum Gasteiger partial charge on any atom is 0.341 e. The normalized spacial score (nSPS) is 13.7. The van der Waals surface area contributed by atoms with E-state index >= 15 is 0 Å². The van der Waals surface area contributed by atoms with Crippen LogP contribution in [0, 0.1) is 0 Å². The second-order valence-electron chi connectivity index (χ2n) is 8.93. The molecule has 0 atom stereocenters. The number of benzene rings is 2. The minimum atomic E-state index is -0.456. The number of hydrogen-bond acceptors (Lipinski definition) is 10. The first-order chi connectivity index (χ1) is 19.1. The summed E-state index contributed by atoms with van der Waals surface area (Å²) in [6, 6.07) is 11.4. The molecule has 1 saturated heterocycles. The third-order valence-corrected chi connectivity index (χ3v) is 6.66. The summed E-state index contributed by atoms with van der Waals surface area (Å²) in [5, 5.41) is 1.72. The molecule has 39 heavy (non-hydrogen) atoms. The Morgan fingerprint density at radius 1 is 1.03 bits per heavy atom. The number of nitrogens with zero attached hydrogens (tertiary/aromatic N) is 5. The number of furan rings is 1. The maximum absolute atomic E-state index is 13.3. The van der Waals surface area contributed by atoms with Gasteiger partial charge in [0, 0.05) is 54.9 Å². The summed E-state index contributed by atoms with van der Waals surface area (Å²) < 4.78 is 22.3. The predicted octanol–water partition coefficient (Wildman–Crippen LogP) is 4.18. The first-order valence-corrected chi connectivity index (χ1v) is 12.5. The largest absolute Gasteiger partial charge is 0.493 e. The van der Waals surface area contributed by atoms with E-state index in [0.29, 0.717) is 60.5 Å². The van der Waals surface area contributed by atoms with Crippen LogP contribution in [-0.4, -0.2) is 71.6 Å². The van der Waals surface area contributed by atoms with Crippen molar-refractivity contribution in [2.45, 2.75) is 6.92 Å². The number of hydrogen-bond donors (Lipinski definition) is 0. The molecule has 198 valence electrons. The second kappa shape index (κ2) is 10.1. The number of para-hydroxylation sites is 1. The van der Waals surface area contributed by atoms with Crippen LogP contribution in [-0.2, 0) is 4.74 Å². The molecular weight excluding hydrogens is 502 g/mol. The van der Waals surface area contributed by atoms with Crippen molar-refractivity contribution in [3.05, 3.63) is 66.3 Å². The van der Waals surface area contributed by atoms with Gasteiger partial charge in [-0.05, 0) is 25.1 Å². The highest BCUT2D eigenvalue weighted by atomic mass is 16.5. The van der Waals surface area contributed by atoms with Gasteiger partial charge in [-0.2, -0.15) is 0 Å². The van der Waals surface area contributed by atoms with Gasteiger partial charge in [-0.1, -0.05) is 18.2 Å². The van der Waals surface area contributed by atoms with E-state index in [1.54, 1.807) is 25.0 Å². The fraction of sp³-hybridized carbons (Fsp3) is 0.250. The number of carbonyl (C=O) groups excluding carboxylic acids is 2. The van der Waals surface area contributed by atoms with Crippen LogP contribution < -0.4 is 9.64 Å². The highest BCUT2D eigenvalue weighted by Crippen LogP contribution is 2.40. The average Bonchev–Trinajstić information content (AvgIpc) is 3.63. The molecule has 2 aromatic carbocycles. The Kier molecular flexibility index (Phi) is 6.31. The fourth-order valence-electron chi connectivity index (χ4n) is 4.71. The van der Waals surface area contributed by atoms with Crippen LogP contribution in [0.4, 0.5) is 5.95 Å². The van der Waals surface area contributed by atoms with E-state index in [1.165, 1.54) is 18.7 Å². The molecule has 0 unspecified atom stereocenters. The summed E-state index contributed by atoms with van der Waals surface area (Å²) in [5.74, 6) is 0.749. The van der Waals surface area contributed by atoms with Crippen LogP contribution >= 0.6 is 0 Å². The smallest absolute Gasteiger partial charge is 0.341 e. The SMILES string of the molecule is CCOC(=O)c1cnc(N2CCN(C(=O)c3coc(-c4ccc(OC)c5oc6ccccc6c45)n3)CC2)nc1. The Balaban J connectivity index is 1.18.